The first-order valence-corrected chi connectivity index (χ1v) is 20.3. The number of alkyl halides is 2. The highest BCUT2D eigenvalue weighted by atomic mass is 19.3. The van der Waals surface area contributed by atoms with Crippen LogP contribution in [0.15, 0.2) is 42.5 Å². The van der Waals surface area contributed by atoms with E-state index in [1.165, 1.54) is 23.1 Å². The third kappa shape index (κ3) is 8.72. The number of imide groups is 1. The summed E-state index contributed by atoms with van der Waals surface area (Å²) in [4.78, 5) is 50.6. The number of rotatable bonds is 15. The average Bonchev–Trinajstić information content (AvgIpc) is 3.54. The van der Waals surface area contributed by atoms with Crippen LogP contribution in [0.5, 0.6) is 11.5 Å². The molecule has 7 rings (SSSR count). The molecule has 0 aliphatic carbocycles. The van der Waals surface area contributed by atoms with Crippen molar-refractivity contribution >= 4 is 34.4 Å². The number of nitrogens with one attached hydrogen (secondary N) is 2. The van der Waals surface area contributed by atoms with Crippen LogP contribution in [0, 0.1) is 12.7 Å². The number of hydrogen-bond acceptors (Lipinski definition) is 10. The molecule has 15 heteroatoms. The third-order valence-electron chi connectivity index (χ3n) is 12.0. The standard InChI is InChI=1S/C44H51F3N6O6/c1-25(28-9-8-10-30(19-28)44(46,47)24-54)48-41-34-22-37(58-3)40(59-4)31(39(34)49-26(2)50-41)11-6-5-7-16-52-17-14-27(15-18-52)32-20-29-23-53(43(57)33(29)21-35(32)45)36-12-13-38(55)51-42(36)56/h8-10,19-22,25,27,36,54H,5-7,11-18,23-24H2,1-4H3,(H,48,49,50)(H,51,55,56)/t25-,36?/m1/s1. The Kier molecular flexibility index (Phi) is 12.4. The van der Waals surface area contributed by atoms with Gasteiger partial charge in [-0.1, -0.05) is 30.7 Å². The number of halogens is 3. The number of unbranched alkanes of at least 4 members (excludes halogenated alkanes) is 2. The number of nitrogens with zero attached hydrogens (tertiary/aromatic N) is 4. The van der Waals surface area contributed by atoms with Gasteiger partial charge in [0, 0.05) is 41.1 Å². The van der Waals surface area contributed by atoms with Crippen LogP contribution in [-0.2, 0) is 28.5 Å². The molecule has 3 N–H and O–H groups in total. The molecule has 3 aromatic carbocycles. The van der Waals surface area contributed by atoms with Gasteiger partial charge < -0.3 is 29.7 Å². The first kappa shape index (κ1) is 41.9. The van der Waals surface area contributed by atoms with Crippen LogP contribution in [0.25, 0.3) is 10.9 Å². The lowest BCUT2D eigenvalue weighted by Crippen LogP contribution is -2.52. The van der Waals surface area contributed by atoms with Gasteiger partial charge in [0.2, 0.25) is 11.8 Å². The summed E-state index contributed by atoms with van der Waals surface area (Å²) in [6.45, 7) is 5.17. The summed E-state index contributed by atoms with van der Waals surface area (Å²) in [5.41, 5.74) is 3.59. The third-order valence-corrected chi connectivity index (χ3v) is 12.0. The molecule has 3 amide bonds. The van der Waals surface area contributed by atoms with E-state index in [1.807, 2.05) is 13.0 Å². The van der Waals surface area contributed by atoms with Gasteiger partial charge in [0.25, 0.3) is 11.8 Å². The van der Waals surface area contributed by atoms with E-state index < -0.39 is 36.3 Å². The van der Waals surface area contributed by atoms with Crippen LogP contribution in [0.1, 0.15) is 108 Å². The Balaban J connectivity index is 0.959. The number of likely N-dealkylation sites (tertiary alicyclic amines) is 1. The number of hydrogen-bond donors (Lipinski definition) is 3. The van der Waals surface area contributed by atoms with Gasteiger partial charge in [0.15, 0.2) is 11.5 Å². The highest BCUT2D eigenvalue weighted by molar-refractivity contribution is 6.05. The minimum absolute atomic E-state index is 0.0269. The molecule has 314 valence electrons. The molecule has 4 heterocycles. The Morgan fingerprint density at radius 2 is 1.80 bits per heavy atom. The zero-order chi connectivity index (χ0) is 42.0. The molecule has 0 spiro atoms. The van der Waals surface area contributed by atoms with Crippen molar-refractivity contribution in [2.24, 2.45) is 0 Å². The Bertz CT molecular complexity index is 2250. The lowest BCUT2D eigenvalue weighted by Gasteiger charge is -2.32. The molecule has 2 fully saturated rings. The predicted molar refractivity (Wildman–Crippen MR) is 215 cm³/mol. The number of carbonyl (C=O) groups excluding carboxylic acids is 3. The van der Waals surface area contributed by atoms with Crippen molar-refractivity contribution in [3.8, 4) is 11.5 Å². The number of piperidine rings is 2. The Morgan fingerprint density at radius 1 is 1.02 bits per heavy atom. The largest absolute Gasteiger partial charge is 0.493 e. The second kappa shape index (κ2) is 17.5. The smallest absolute Gasteiger partial charge is 0.295 e. The number of anilines is 1. The number of aliphatic hydroxyl groups excluding tert-OH is 1. The molecule has 3 aliphatic rings. The summed E-state index contributed by atoms with van der Waals surface area (Å²) in [6.07, 6.45) is 5.45. The van der Waals surface area contributed by atoms with Gasteiger partial charge in [-0.25, -0.2) is 14.4 Å². The van der Waals surface area contributed by atoms with Crippen LogP contribution in [-0.4, -0.2) is 89.1 Å². The summed E-state index contributed by atoms with van der Waals surface area (Å²) < 4.78 is 55.7. The van der Waals surface area contributed by atoms with E-state index >= 15 is 4.39 Å². The lowest BCUT2D eigenvalue weighted by atomic mass is 9.87. The Morgan fingerprint density at radius 3 is 2.51 bits per heavy atom. The molecule has 4 aromatic rings. The maximum absolute atomic E-state index is 15.5. The van der Waals surface area contributed by atoms with Gasteiger partial charge in [-0.15, -0.1) is 0 Å². The molecule has 2 saturated heterocycles. The summed E-state index contributed by atoms with van der Waals surface area (Å²) in [5, 5.41) is 15.6. The maximum atomic E-state index is 15.5. The normalized spacial score (nSPS) is 18.3. The molecule has 12 nitrogen and oxygen atoms in total. The zero-order valence-electron chi connectivity index (χ0n) is 33.9. The molecule has 0 bridgehead atoms. The van der Waals surface area contributed by atoms with Crippen LogP contribution in [0.3, 0.4) is 0 Å². The molecular weight excluding hydrogens is 766 g/mol. The van der Waals surface area contributed by atoms with E-state index in [-0.39, 0.29) is 48.2 Å². The van der Waals surface area contributed by atoms with E-state index in [0.717, 1.165) is 68.4 Å². The molecule has 59 heavy (non-hydrogen) atoms. The van der Waals surface area contributed by atoms with Crippen molar-refractivity contribution in [2.45, 2.75) is 95.7 Å². The fourth-order valence-electron chi connectivity index (χ4n) is 8.74. The van der Waals surface area contributed by atoms with Crippen LogP contribution in [0.4, 0.5) is 19.0 Å². The van der Waals surface area contributed by atoms with Gasteiger partial charge in [-0.3, -0.25) is 19.7 Å². The quantitative estimate of drug-likeness (QED) is 0.0875. The fraction of sp³-hybridized carbons (Fsp3) is 0.477. The number of aliphatic hydroxyl groups is 1. The van der Waals surface area contributed by atoms with E-state index in [9.17, 15) is 28.3 Å². The molecule has 3 aliphatic heterocycles. The molecular formula is C44H51F3N6O6. The maximum Gasteiger partial charge on any atom is 0.295 e. The van der Waals surface area contributed by atoms with E-state index in [1.54, 1.807) is 39.3 Å². The Hall–Kier alpha value is -5.28. The minimum atomic E-state index is -3.36. The molecule has 1 unspecified atom stereocenters. The van der Waals surface area contributed by atoms with Gasteiger partial charge in [-0.2, -0.15) is 8.78 Å². The van der Waals surface area contributed by atoms with Gasteiger partial charge >= 0.3 is 0 Å². The summed E-state index contributed by atoms with van der Waals surface area (Å²) in [6, 6.07) is 9.81. The average molecular weight is 817 g/mol. The lowest BCUT2D eigenvalue weighted by molar-refractivity contribution is -0.136. The van der Waals surface area contributed by atoms with Crippen LogP contribution < -0.4 is 20.1 Å². The Labute approximate surface area is 341 Å². The number of carbonyl (C=O) groups is 3. The van der Waals surface area contributed by atoms with Crippen molar-refractivity contribution < 1.29 is 42.1 Å². The number of aryl methyl sites for hydroxylation is 2. The van der Waals surface area contributed by atoms with Crippen molar-refractivity contribution in [1.29, 1.82) is 0 Å². The first-order valence-electron chi connectivity index (χ1n) is 20.3. The zero-order valence-corrected chi connectivity index (χ0v) is 33.9. The minimum Gasteiger partial charge on any atom is -0.493 e. The van der Waals surface area contributed by atoms with Gasteiger partial charge in [-0.05, 0) is 113 Å². The fourth-order valence-corrected chi connectivity index (χ4v) is 8.74. The summed E-state index contributed by atoms with van der Waals surface area (Å²) in [5.74, 6) is -2.73. The number of benzene rings is 3. The van der Waals surface area contributed by atoms with Crippen LogP contribution >= 0.6 is 0 Å². The molecule has 0 radical (unpaired) electrons. The van der Waals surface area contributed by atoms with E-state index in [2.05, 4.69) is 20.5 Å². The first-order chi connectivity index (χ1) is 28.3. The molecule has 1 aromatic heterocycles. The monoisotopic (exact) mass is 816 g/mol. The number of fused-ring (bicyclic) bond motifs is 2. The van der Waals surface area contributed by atoms with E-state index in [0.29, 0.717) is 46.1 Å². The van der Waals surface area contributed by atoms with Crippen molar-refractivity contribution in [3.63, 3.8) is 0 Å². The SMILES string of the molecule is COc1cc2c(N[C@H](C)c3cccc(C(F)(F)CO)c3)nc(C)nc2c(CCCCCN2CCC(c3cc4c(cc3F)C(=O)N(C3CCC(=O)NC3=O)C4)CC2)c1OC. The van der Waals surface area contributed by atoms with Crippen LogP contribution in [0.2, 0.25) is 0 Å². The molecule has 0 saturated carbocycles. The predicted octanol–water partition coefficient (Wildman–Crippen LogP) is 6.71. The number of aromatic nitrogens is 2. The highest BCUT2D eigenvalue weighted by Crippen LogP contribution is 2.41. The second-order valence-corrected chi connectivity index (χ2v) is 15.8. The van der Waals surface area contributed by atoms with Crippen molar-refractivity contribution in [2.75, 3.05) is 45.8 Å². The second-order valence-electron chi connectivity index (χ2n) is 15.8. The van der Waals surface area contributed by atoms with Gasteiger partial charge in [0.05, 0.1) is 19.7 Å². The highest BCUT2D eigenvalue weighted by Gasteiger charge is 2.40. The summed E-state index contributed by atoms with van der Waals surface area (Å²) >= 11 is 0. The summed E-state index contributed by atoms with van der Waals surface area (Å²) in [7, 11) is 3.18. The van der Waals surface area contributed by atoms with Crippen molar-refractivity contribution in [3.05, 3.63) is 87.5 Å². The van der Waals surface area contributed by atoms with E-state index in [4.69, 9.17) is 14.5 Å². The topological polar surface area (TPSA) is 146 Å². The van der Waals surface area contributed by atoms with Crippen molar-refractivity contribution in [1.82, 2.24) is 25.1 Å². The van der Waals surface area contributed by atoms with Gasteiger partial charge in [0.1, 0.15) is 30.1 Å². The number of methoxy groups -OCH3 is 2. The number of amides is 3. The molecule has 2 atom stereocenters. The number of ether oxygens (including phenoxy) is 2.